The van der Waals surface area contributed by atoms with E-state index < -0.39 is 23.5 Å². The Morgan fingerprint density at radius 2 is 1.94 bits per heavy atom. The van der Waals surface area contributed by atoms with Gasteiger partial charge in [-0.15, -0.1) is 0 Å². The highest BCUT2D eigenvalue weighted by atomic mass is 16.5. The standard InChI is InChI=1S/C24H28N2O7/c1-30-16-6-7-17(19(15-16)31-2)21-20(22(27)18-5-3-12-33-18)23(28)24(29)26(21)9-4-8-25-10-13-32-14-11-25/h3,5-7,12,15,21,28H,4,8-11,13-14H2,1-2H3/t21-/m1/s1. The van der Waals surface area contributed by atoms with Crippen LogP contribution in [0.15, 0.2) is 52.3 Å². The van der Waals surface area contributed by atoms with Crippen molar-refractivity contribution < 1.29 is 33.3 Å². The van der Waals surface area contributed by atoms with Crippen LogP contribution in [0.4, 0.5) is 0 Å². The van der Waals surface area contributed by atoms with Crippen LogP contribution >= 0.6 is 0 Å². The molecule has 2 aliphatic heterocycles. The Hall–Kier alpha value is -3.30. The van der Waals surface area contributed by atoms with Gasteiger partial charge in [-0.25, -0.2) is 0 Å². The zero-order chi connectivity index (χ0) is 23.4. The lowest BCUT2D eigenvalue weighted by Crippen LogP contribution is -2.39. The maximum absolute atomic E-state index is 13.3. The van der Waals surface area contributed by atoms with Crippen molar-refractivity contribution in [2.45, 2.75) is 12.5 Å². The summed E-state index contributed by atoms with van der Waals surface area (Å²) in [5.41, 5.74) is 0.557. The van der Waals surface area contributed by atoms with E-state index in [1.165, 1.54) is 24.3 Å². The summed E-state index contributed by atoms with van der Waals surface area (Å²) in [5, 5.41) is 10.8. The van der Waals surface area contributed by atoms with Crippen molar-refractivity contribution in [3.8, 4) is 11.5 Å². The largest absolute Gasteiger partial charge is 0.503 e. The van der Waals surface area contributed by atoms with E-state index >= 15 is 0 Å². The third-order valence-electron chi connectivity index (χ3n) is 6.01. The number of furan rings is 1. The molecule has 2 aliphatic rings. The number of ketones is 1. The maximum Gasteiger partial charge on any atom is 0.290 e. The number of hydrogen-bond acceptors (Lipinski definition) is 8. The molecule has 2 aromatic rings. The van der Waals surface area contributed by atoms with E-state index in [0.717, 1.165) is 19.6 Å². The van der Waals surface area contributed by atoms with Crippen molar-refractivity contribution in [1.82, 2.24) is 9.80 Å². The van der Waals surface area contributed by atoms with Crippen LogP contribution in [-0.2, 0) is 9.53 Å². The lowest BCUT2D eigenvalue weighted by atomic mass is 9.94. The molecule has 0 radical (unpaired) electrons. The van der Waals surface area contributed by atoms with Gasteiger partial charge in [0.05, 0.1) is 45.3 Å². The molecule has 1 atom stereocenters. The van der Waals surface area contributed by atoms with Crippen molar-refractivity contribution in [2.75, 3.05) is 53.6 Å². The van der Waals surface area contributed by atoms with Crippen LogP contribution in [0.2, 0.25) is 0 Å². The van der Waals surface area contributed by atoms with Gasteiger partial charge in [0.25, 0.3) is 5.91 Å². The molecule has 0 bridgehead atoms. The first-order chi connectivity index (χ1) is 16.0. The molecule has 33 heavy (non-hydrogen) atoms. The molecule has 0 aliphatic carbocycles. The molecular weight excluding hydrogens is 428 g/mol. The molecule has 3 heterocycles. The number of carbonyl (C=O) groups excluding carboxylic acids is 2. The van der Waals surface area contributed by atoms with E-state index in [0.29, 0.717) is 43.2 Å². The molecule has 1 aromatic carbocycles. The number of Topliss-reactive ketones (excluding diaryl/α,β-unsaturated/α-hetero) is 1. The number of methoxy groups -OCH3 is 2. The SMILES string of the molecule is COc1ccc([C@@H]2C(C(=O)c3ccco3)=C(O)C(=O)N2CCCN2CCOCC2)c(OC)c1. The fourth-order valence-electron chi connectivity index (χ4n) is 4.31. The van der Waals surface area contributed by atoms with Crippen LogP contribution in [0.25, 0.3) is 0 Å². The molecule has 176 valence electrons. The molecule has 1 saturated heterocycles. The summed E-state index contributed by atoms with van der Waals surface area (Å²) < 4.78 is 21.5. The quantitative estimate of drug-likeness (QED) is 0.575. The van der Waals surface area contributed by atoms with Crippen LogP contribution in [0, 0.1) is 0 Å². The van der Waals surface area contributed by atoms with Gasteiger partial charge in [-0.2, -0.15) is 0 Å². The Kier molecular flexibility index (Phi) is 7.00. The van der Waals surface area contributed by atoms with Gasteiger partial charge in [0.1, 0.15) is 11.5 Å². The lowest BCUT2D eigenvalue weighted by Gasteiger charge is -2.30. The predicted octanol–water partition coefficient (Wildman–Crippen LogP) is 2.60. The highest BCUT2D eigenvalue weighted by Gasteiger charge is 2.45. The van der Waals surface area contributed by atoms with Gasteiger partial charge in [-0.05, 0) is 30.7 Å². The molecule has 0 unspecified atom stereocenters. The number of rotatable bonds is 9. The van der Waals surface area contributed by atoms with Crippen molar-refractivity contribution in [3.05, 3.63) is 59.3 Å². The highest BCUT2D eigenvalue weighted by Crippen LogP contribution is 2.43. The van der Waals surface area contributed by atoms with Crippen LogP contribution in [0.1, 0.15) is 28.6 Å². The maximum atomic E-state index is 13.3. The number of benzene rings is 1. The first-order valence-corrected chi connectivity index (χ1v) is 10.9. The Morgan fingerprint density at radius 3 is 2.61 bits per heavy atom. The van der Waals surface area contributed by atoms with Crippen LogP contribution in [0.5, 0.6) is 11.5 Å². The van der Waals surface area contributed by atoms with E-state index in [4.69, 9.17) is 18.6 Å². The number of aliphatic hydroxyl groups excluding tert-OH is 1. The summed E-state index contributed by atoms with van der Waals surface area (Å²) in [5.74, 6) is -0.613. The second-order valence-corrected chi connectivity index (χ2v) is 7.89. The van der Waals surface area contributed by atoms with Gasteiger partial charge in [-0.1, -0.05) is 0 Å². The zero-order valence-electron chi connectivity index (χ0n) is 18.8. The first-order valence-electron chi connectivity index (χ1n) is 10.9. The molecule has 0 spiro atoms. The van der Waals surface area contributed by atoms with E-state index in [1.807, 2.05) is 0 Å². The first kappa shape index (κ1) is 22.9. The Balaban J connectivity index is 1.67. The number of aliphatic hydroxyl groups is 1. The van der Waals surface area contributed by atoms with Gasteiger partial charge in [0, 0.05) is 37.8 Å². The minimum atomic E-state index is -0.819. The topological polar surface area (TPSA) is 102 Å². The highest BCUT2D eigenvalue weighted by molar-refractivity contribution is 6.15. The number of amides is 1. The van der Waals surface area contributed by atoms with Crippen molar-refractivity contribution in [3.63, 3.8) is 0 Å². The predicted molar refractivity (Wildman–Crippen MR) is 119 cm³/mol. The number of morpholine rings is 1. The van der Waals surface area contributed by atoms with E-state index in [2.05, 4.69) is 4.90 Å². The number of hydrogen-bond donors (Lipinski definition) is 1. The van der Waals surface area contributed by atoms with Crippen LogP contribution < -0.4 is 9.47 Å². The normalized spacial score (nSPS) is 19.3. The monoisotopic (exact) mass is 456 g/mol. The average Bonchev–Trinajstić information content (AvgIpc) is 3.47. The van der Waals surface area contributed by atoms with Gasteiger partial charge in [0.15, 0.2) is 11.5 Å². The van der Waals surface area contributed by atoms with Gasteiger partial charge in [0.2, 0.25) is 5.78 Å². The van der Waals surface area contributed by atoms with Gasteiger partial charge < -0.3 is 28.6 Å². The molecule has 4 rings (SSSR count). The third-order valence-corrected chi connectivity index (χ3v) is 6.01. The summed E-state index contributed by atoms with van der Waals surface area (Å²) in [4.78, 5) is 30.2. The second-order valence-electron chi connectivity index (χ2n) is 7.89. The minimum absolute atomic E-state index is 0.0233. The Labute approximate surface area is 192 Å². The van der Waals surface area contributed by atoms with Gasteiger partial charge >= 0.3 is 0 Å². The number of nitrogens with zero attached hydrogens (tertiary/aromatic N) is 2. The number of ether oxygens (including phenoxy) is 3. The Bertz CT molecular complexity index is 1030. The summed E-state index contributed by atoms with van der Waals surface area (Å²) in [6.45, 7) is 4.21. The summed E-state index contributed by atoms with van der Waals surface area (Å²) in [6, 6.07) is 7.45. The van der Waals surface area contributed by atoms with Crippen LogP contribution in [0.3, 0.4) is 0 Å². The minimum Gasteiger partial charge on any atom is -0.503 e. The zero-order valence-corrected chi connectivity index (χ0v) is 18.8. The van der Waals surface area contributed by atoms with E-state index in [1.54, 1.807) is 31.4 Å². The average molecular weight is 456 g/mol. The fraction of sp³-hybridized carbons (Fsp3) is 0.417. The smallest absolute Gasteiger partial charge is 0.290 e. The third kappa shape index (κ3) is 4.60. The summed E-state index contributed by atoms with van der Waals surface area (Å²) in [6.07, 6.45) is 2.06. The molecule has 1 amide bonds. The summed E-state index contributed by atoms with van der Waals surface area (Å²) >= 11 is 0. The molecule has 9 heteroatoms. The van der Waals surface area contributed by atoms with E-state index in [-0.39, 0.29) is 11.3 Å². The van der Waals surface area contributed by atoms with Crippen molar-refractivity contribution in [2.24, 2.45) is 0 Å². The fourth-order valence-corrected chi connectivity index (χ4v) is 4.31. The van der Waals surface area contributed by atoms with Gasteiger partial charge in [-0.3, -0.25) is 14.5 Å². The van der Waals surface area contributed by atoms with E-state index in [9.17, 15) is 14.7 Å². The lowest BCUT2D eigenvalue weighted by molar-refractivity contribution is -0.129. The number of carbonyl (C=O) groups is 2. The Morgan fingerprint density at radius 1 is 1.15 bits per heavy atom. The summed E-state index contributed by atoms with van der Waals surface area (Å²) in [7, 11) is 3.05. The molecule has 0 saturated carbocycles. The van der Waals surface area contributed by atoms with Crippen molar-refractivity contribution in [1.29, 1.82) is 0 Å². The molecule has 1 N–H and O–H groups in total. The molecule has 1 fully saturated rings. The van der Waals surface area contributed by atoms with Crippen molar-refractivity contribution >= 4 is 11.7 Å². The molecular formula is C24H28N2O7. The second kappa shape index (κ2) is 10.1. The molecule has 1 aromatic heterocycles. The van der Waals surface area contributed by atoms with Crippen LogP contribution in [-0.4, -0.2) is 80.2 Å². The molecule has 9 nitrogen and oxygen atoms in total.